The summed E-state index contributed by atoms with van der Waals surface area (Å²) in [5.74, 6) is 1.81. The van der Waals surface area contributed by atoms with Crippen LogP contribution in [-0.2, 0) is 8.92 Å². The highest BCUT2D eigenvalue weighted by Gasteiger charge is 2.15. The summed E-state index contributed by atoms with van der Waals surface area (Å²) in [6.07, 6.45) is 2.61. The first-order chi connectivity index (χ1) is 8.34. The van der Waals surface area contributed by atoms with E-state index < -0.39 is 0 Å². The van der Waals surface area contributed by atoms with Crippen LogP contribution in [0.3, 0.4) is 0 Å². The lowest BCUT2D eigenvalue weighted by Crippen LogP contribution is -2.11. The van der Waals surface area contributed by atoms with Crippen LogP contribution >= 0.6 is 28.0 Å². The molecule has 0 aromatic heterocycles. The standard InChI is InChI=1S/C12H16O2S.CH3Br/c1-10-4-6-12(7-5-10)15-14-9-11-3-2-8-13-11;1-2/h4-7,11H,2-3,8-9H2,1H3;1H3. The first-order valence-electron chi connectivity index (χ1n) is 5.70. The van der Waals surface area contributed by atoms with E-state index in [4.69, 9.17) is 8.92 Å². The molecule has 1 heterocycles. The van der Waals surface area contributed by atoms with Gasteiger partial charge in [-0.1, -0.05) is 33.6 Å². The van der Waals surface area contributed by atoms with Crippen molar-refractivity contribution in [2.75, 3.05) is 19.0 Å². The van der Waals surface area contributed by atoms with Crippen molar-refractivity contribution in [3.05, 3.63) is 29.8 Å². The van der Waals surface area contributed by atoms with Gasteiger partial charge in [-0.2, -0.15) is 0 Å². The van der Waals surface area contributed by atoms with Crippen molar-refractivity contribution in [1.82, 2.24) is 0 Å². The summed E-state index contributed by atoms with van der Waals surface area (Å²) in [6, 6.07) is 8.35. The third-order valence-corrected chi connectivity index (χ3v) is 3.17. The Bertz CT molecular complexity index is 297. The van der Waals surface area contributed by atoms with Crippen molar-refractivity contribution >= 4 is 28.0 Å². The zero-order chi connectivity index (χ0) is 12.5. The highest BCUT2D eigenvalue weighted by molar-refractivity contribution is 9.08. The van der Waals surface area contributed by atoms with Crippen LogP contribution in [0.25, 0.3) is 0 Å². The fourth-order valence-electron chi connectivity index (χ4n) is 1.55. The molecule has 0 aliphatic carbocycles. The van der Waals surface area contributed by atoms with Gasteiger partial charge in [0, 0.05) is 23.5 Å². The minimum absolute atomic E-state index is 0.308. The van der Waals surface area contributed by atoms with Gasteiger partial charge >= 0.3 is 0 Å². The Kier molecular flexibility index (Phi) is 7.93. The number of hydrogen-bond acceptors (Lipinski definition) is 3. The Morgan fingerprint density at radius 3 is 2.65 bits per heavy atom. The van der Waals surface area contributed by atoms with E-state index in [1.165, 1.54) is 24.0 Å². The minimum atomic E-state index is 0.308. The van der Waals surface area contributed by atoms with Gasteiger partial charge in [-0.3, -0.25) is 0 Å². The number of ether oxygens (including phenoxy) is 1. The summed E-state index contributed by atoms with van der Waals surface area (Å²) >= 11 is 4.37. The normalized spacial score (nSPS) is 18.6. The average molecular weight is 319 g/mol. The molecule has 4 heteroatoms. The molecule has 0 spiro atoms. The van der Waals surface area contributed by atoms with Gasteiger partial charge in [-0.15, -0.1) is 0 Å². The highest BCUT2D eigenvalue weighted by Crippen LogP contribution is 2.21. The molecule has 0 radical (unpaired) electrons. The Morgan fingerprint density at radius 2 is 2.06 bits per heavy atom. The molecular weight excluding hydrogens is 300 g/mol. The predicted octanol–water partition coefficient (Wildman–Crippen LogP) is 4.21. The van der Waals surface area contributed by atoms with E-state index in [0.29, 0.717) is 12.7 Å². The van der Waals surface area contributed by atoms with Crippen LogP contribution in [0, 0.1) is 6.92 Å². The van der Waals surface area contributed by atoms with Crippen molar-refractivity contribution in [2.45, 2.75) is 30.8 Å². The van der Waals surface area contributed by atoms with E-state index in [9.17, 15) is 0 Å². The van der Waals surface area contributed by atoms with Crippen LogP contribution in [-0.4, -0.2) is 25.2 Å². The van der Waals surface area contributed by atoms with E-state index in [-0.39, 0.29) is 0 Å². The van der Waals surface area contributed by atoms with E-state index in [1.807, 2.05) is 5.83 Å². The predicted molar refractivity (Wildman–Crippen MR) is 76.8 cm³/mol. The lowest BCUT2D eigenvalue weighted by molar-refractivity contribution is 0.0750. The maximum absolute atomic E-state index is 5.54. The zero-order valence-electron chi connectivity index (χ0n) is 10.3. The molecule has 1 saturated heterocycles. The Morgan fingerprint density at radius 1 is 1.35 bits per heavy atom. The van der Waals surface area contributed by atoms with Gasteiger partial charge < -0.3 is 8.92 Å². The molecule has 2 nitrogen and oxygen atoms in total. The van der Waals surface area contributed by atoms with Gasteiger partial charge in [-0.05, 0) is 37.7 Å². The number of benzene rings is 1. The molecule has 0 bridgehead atoms. The molecule has 96 valence electrons. The Balaban J connectivity index is 0.000000686. The fraction of sp³-hybridized carbons (Fsp3) is 0.538. The van der Waals surface area contributed by atoms with Gasteiger partial charge in [0.15, 0.2) is 0 Å². The summed E-state index contributed by atoms with van der Waals surface area (Å²) in [6.45, 7) is 3.67. The number of aryl methyl sites for hydroxylation is 1. The molecule has 1 atom stereocenters. The molecule has 1 fully saturated rings. The third kappa shape index (κ3) is 5.91. The van der Waals surface area contributed by atoms with Crippen molar-refractivity contribution < 1.29 is 8.92 Å². The second-order valence-electron chi connectivity index (χ2n) is 3.82. The first kappa shape index (κ1) is 15.0. The molecule has 1 aromatic rings. The van der Waals surface area contributed by atoms with E-state index >= 15 is 0 Å². The highest BCUT2D eigenvalue weighted by atomic mass is 79.9. The summed E-state index contributed by atoms with van der Waals surface area (Å²) in [7, 11) is 0. The minimum Gasteiger partial charge on any atom is -0.376 e. The van der Waals surface area contributed by atoms with E-state index in [2.05, 4.69) is 47.1 Å². The maximum Gasteiger partial charge on any atom is 0.0880 e. The molecule has 1 aromatic carbocycles. The zero-order valence-corrected chi connectivity index (χ0v) is 12.7. The van der Waals surface area contributed by atoms with Crippen molar-refractivity contribution in [3.63, 3.8) is 0 Å². The number of rotatable bonds is 4. The lowest BCUT2D eigenvalue weighted by Gasteiger charge is -2.08. The summed E-state index contributed by atoms with van der Waals surface area (Å²) < 4.78 is 11.0. The molecule has 1 unspecified atom stereocenters. The SMILES string of the molecule is CBr.Cc1ccc(SOCC2CCCO2)cc1. The Hall–Kier alpha value is -0.0300. The van der Waals surface area contributed by atoms with Crippen LogP contribution in [0.5, 0.6) is 0 Å². The van der Waals surface area contributed by atoms with Gasteiger partial charge in [0.1, 0.15) is 0 Å². The van der Waals surface area contributed by atoms with E-state index in [1.54, 1.807) is 0 Å². The Labute approximate surface area is 116 Å². The van der Waals surface area contributed by atoms with Gasteiger partial charge in [-0.25, -0.2) is 0 Å². The topological polar surface area (TPSA) is 18.5 Å². The summed E-state index contributed by atoms with van der Waals surface area (Å²) in [5.41, 5.74) is 1.28. The van der Waals surface area contributed by atoms with E-state index in [0.717, 1.165) is 17.9 Å². The summed E-state index contributed by atoms with van der Waals surface area (Å²) in [5, 5.41) is 0. The van der Waals surface area contributed by atoms with Crippen LogP contribution in [0.4, 0.5) is 0 Å². The largest absolute Gasteiger partial charge is 0.376 e. The molecule has 0 N–H and O–H groups in total. The van der Waals surface area contributed by atoms with Gasteiger partial charge in [0.2, 0.25) is 0 Å². The monoisotopic (exact) mass is 318 g/mol. The second-order valence-corrected chi connectivity index (χ2v) is 4.69. The third-order valence-electron chi connectivity index (χ3n) is 2.45. The molecule has 1 aliphatic rings. The van der Waals surface area contributed by atoms with Crippen molar-refractivity contribution in [1.29, 1.82) is 0 Å². The molecular formula is C13H19BrO2S. The number of hydrogen-bond donors (Lipinski definition) is 0. The second kappa shape index (κ2) is 8.97. The lowest BCUT2D eigenvalue weighted by atomic mass is 10.2. The van der Waals surface area contributed by atoms with Crippen LogP contribution in [0.15, 0.2) is 29.2 Å². The quantitative estimate of drug-likeness (QED) is 0.612. The summed E-state index contributed by atoms with van der Waals surface area (Å²) in [4.78, 5) is 1.15. The maximum atomic E-state index is 5.54. The fourth-order valence-corrected chi connectivity index (χ4v) is 2.15. The average Bonchev–Trinajstić information content (AvgIpc) is 2.87. The van der Waals surface area contributed by atoms with Crippen molar-refractivity contribution in [2.24, 2.45) is 0 Å². The smallest absolute Gasteiger partial charge is 0.0880 e. The number of halogens is 1. The molecule has 1 aliphatic heterocycles. The number of alkyl halides is 1. The van der Waals surface area contributed by atoms with Gasteiger partial charge in [0.25, 0.3) is 0 Å². The molecule has 17 heavy (non-hydrogen) atoms. The van der Waals surface area contributed by atoms with Crippen LogP contribution in [0.2, 0.25) is 0 Å². The van der Waals surface area contributed by atoms with Gasteiger partial charge in [0.05, 0.1) is 12.7 Å². The molecule has 0 saturated carbocycles. The molecule has 2 rings (SSSR count). The van der Waals surface area contributed by atoms with Crippen LogP contribution in [0.1, 0.15) is 18.4 Å². The van der Waals surface area contributed by atoms with Crippen molar-refractivity contribution in [3.8, 4) is 0 Å². The van der Waals surface area contributed by atoms with Crippen LogP contribution < -0.4 is 0 Å². The molecule has 0 amide bonds. The first-order valence-corrected chi connectivity index (χ1v) is 8.03.